The first-order valence-electron chi connectivity index (χ1n) is 6.72. The molecule has 1 unspecified atom stereocenters. The third kappa shape index (κ3) is 2.44. The molecule has 1 atom stereocenters. The SMILES string of the molecule is COc1cc(OC)cc(C(=O)C2COc3ccccc32)c1. The van der Waals surface area contributed by atoms with Crippen LogP contribution in [0.4, 0.5) is 0 Å². The Bertz CT molecular complexity index is 656. The Hall–Kier alpha value is -2.49. The summed E-state index contributed by atoms with van der Waals surface area (Å²) in [7, 11) is 3.13. The van der Waals surface area contributed by atoms with Gasteiger partial charge in [0.05, 0.1) is 20.1 Å². The standard InChI is InChI=1S/C17H16O4/c1-19-12-7-11(8-13(9-12)20-2)17(18)15-10-21-16-6-4-3-5-14(15)16/h3-9,15H,10H2,1-2H3. The summed E-state index contributed by atoms with van der Waals surface area (Å²) in [5, 5.41) is 0. The van der Waals surface area contributed by atoms with E-state index in [0.717, 1.165) is 11.3 Å². The number of hydrogen-bond acceptors (Lipinski definition) is 4. The highest BCUT2D eigenvalue weighted by Crippen LogP contribution is 2.36. The topological polar surface area (TPSA) is 44.8 Å². The van der Waals surface area contributed by atoms with Crippen molar-refractivity contribution in [2.24, 2.45) is 0 Å². The van der Waals surface area contributed by atoms with Gasteiger partial charge < -0.3 is 14.2 Å². The van der Waals surface area contributed by atoms with Gasteiger partial charge in [-0.3, -0.25) is 4.79 Å². The Morgan fingerprint density at radius 1 is 1.10 bits per heavy atom. The summed E-state index contributed by atoms with van der Waals surface area (Å²) in [6.07, 6.45) is 0. The van der Waals surface area contributed by atoms with Crippen LogP contribution >= 0.6 is 0 Å². The van der Waals surface area contributed by atoms with E-state index in [2.05, 4.69) is 0 Å². The van der Waals surface area contributed by atoms with Crippen LogP contribution in [-0.2, 0) is 0 Å². The lowest BCUT2D eigenvalue weighted by Crippen LogP contribution is -2.14. The van der Waals surface area contributed by atoms with Gasteiger partial charge >= 0.3 is 0 Å². The maximum atomic E-state index is 12.8. The first-order valence-corrected chi connectivity index (χ1v) is 6.72. The van der Waals surface area contributed by atoms with Crippen LogP contribution in [0.2, 0.25) is 0 Å². The molecule has 0 aliphatic carbocycles. The molecule has 0 spiro atoms. The number of rotatable bonds is 4. The Balaban J connectivity index is 1.96. The molecular weight excluding hydrogens is 268 g/mol. The maximum absolute atomic E-state index is 12.8. The van der Waals surface area contributed by atoms with Crippen LogP contribution in [0, 0.1) is 0 Å². The molecule has 108 valence electrons. The Labute approximate surface area is 123 Å². The second-order valence-corrected chi connectivity index (χ2v) is 4.87. The van der Waals surface area contributed by atoms with E-state index in [9.17, 15) is 4.79 Å². The van der Waals surface area contributed by atoms with Crippen molar-refractivity contribution in [1.29, 1.82) is 0 Å². The van der Waals surface area contributed by atoms with Gasteiger partial charge in [0.2, 0.25) is 0 Å². The summed E-state index contributed by atoms with van der Waals surface area (Å²) in [4.78, 5) is 12.8. The maximum Gasteiger partial charge on any atom is 0.174 e. The van der Waals surface area contributed by atoms with E-state index >= 15 is 0 Å². The van der Waals surface area contributed by atoms with Gasteiger partial charge in [-0.25, -0.2) is 0 Å². The van der Waals surface area contributed by atoms with Crippen LogP contribution in [0.5, 0.6) is 17.2 Å². The van der Waals surface area contributed by atoms with Crippen LogP contribution in [0.3, 0.4) is 0 Å². The average molecular weight is 284 g/mol. The minimum Gasteiger partial charge on any atom is -0.497 e. The quantitative estimate of drug-likeness (QED) is 0.809. The molecule has 3 rings (SSSR count). The van der Waals surface area contributed by atoms with E-state index in [4.69, 9.17) is 14.2 Å². The molecule has 4 heteroatoms. The highest BCUT2D eigenvalue weighted by atomic mass is 16.5. The van der Waals surface area contributed by atoms with Crippen molar-refractivity contribution in [2.45, 2.75) is 5.92 Å². The first kappa shape index (κ1) is 13.5. The molecule has 0 saturated carbocycles. The molecule has 0 N–H and O–H groups in total. The smallest absolute Gasteiger partial charge is 0.174 e. The van der Waals surface area contributed by atoms with Crippen LogP contribution in [0.1, 0.15) is 21.8 Å². The number of para-hydroxylation sites is 1. The highest BCUT2D eigenvalue weighted by Gasteiger charge is 2.31. The zero-order valence-electron chi connectivity index (χ0n) is 12.0. The predicted octanol–water partition coefficient (Wildman–Crippen LogP) is 3.06. The monoisotopic (exact) mass is 284 g/mol. The van der Waals surface area contributed by atoms with E-state index in [1.807, 2.05) is 24.3 Å². The average Bonchev–Trinajstić information content (AvgIpc) is 2.97. The molecule has 1 aliphatic heterocycles. The zero-order chi connectivity index (χ0) is 14.8. The van der Waals surface area contributed by atoms with Gasteiger partial charge in [-0.2, -0.15) is 0 Å². The molecule has 2 aromatic rings. The highest BCUT2D eigenvalue weighted by molar-refractivity contribution is 6.02. The second-order valence-electron chi connectivity index (χ2n) is 4.87. The van der Waals surface area contributed by atoms with Crippen LogP contribution < -0.4 is 14.2 Å². The molecule has 1 heterocycles. The number of methoxy groups -OCH3 is 2. The summed E-state index contributed by atoms with van der Waals surface area (Å²) in [6, 6.07) is 12.8. The van der Waals surface area contributed by atoms with Crippen molar-refractivity contribution >= 4 is 5.78 Å². The van der Waals surface area contributed by atoms with Crippen LogP contribution in [0.25, 0.3) is 0 Å². The predicted molar refractivity (Wildman–Crippen MR) is 78.6 cm³/mol. The van der Waals surface area contributed by atoms with Crippen LogP contribution in [0.15, 0.2) is 42.5 Å². The molecule has 0 aromatic heterocycles. The van der Waals surface area contributed by atoms with Crippen molar-refractivity contribution in [3.05, 3.63) is 53.6 Å². The number of ether oxygens (including phenoxy) is 3. The minimum atomic E-state index is -0.280. The molecule has 0 bridgehead atoms. The summed E-state index contributed by atoms with van der Waals surface area (Å²) in [5.74, 6) is 1.72. The van der Waals surface area contributed by atoms with Crippen molar-refractivity contribution < 1.29 is 19.0 Å². The molecule has 2 aromatic carbocycles. The van der Waals surface area contributed by atoms with E-state index < -0.39 is 0 Å². The van der Waals surface area contributed by atoms with Gasteiger partial charge in [0.1, 0.15) is 23.9 Å². The van der Waals surface area contributed by atoms with Crippen molar-refractivity contribution in [2.75, 3.05) is 20.8 Å². The molecular formula is C17H16O4. The number of fused-ring (bicyclic) bond motifs is 1. The lowest BCUT2D eigenvalue weighted by molar-refractivity contribution is 0.0946. The number of hydrogen-bond donors (Lipinski definition) is 0. The number of ketones is 1. The van der Waals surface area contributed by atoms with E-state index in [1.165, 1.54) is 0 Å². The number of Topliss-reactive ketones (excluding diaryl/α,β-unsaturated/α-hetero) is 1. The van der Waals surface area contributed by atoms with Crippen molar-refractivity contribution in [3.63, 3.8) is 0 Å². The first-order chi connectivity index (χ1) is 10.2. The Morgan fingerprint density at radius 2 is 1.76 bits per heavy atom. The molecule has 0 amide bonds. The fourth-order valence-electron chi connectivity index (χ4n) is 2.53. The van der Waals surface area contributed by atoms with Gasteiger partial charge in [-0.05, 0) is 18.2 Å². The van der Waals surface area contributed by atoms with E-state index in [1.54, 1.807) is 32.4 Å². The van der Waals surface area contributed by atoms with Crippen molar-refractivity contribution in [3.8, 4) is 17.2 Å². The van der Waals surface area contributed by atoms with Gasteiger partial charge in [0.25, 0.3) is 0 Å². The lowest BCUT2D eigenvalue weighted by atomic mass is 9.92. The van der Waals surface area contributed by atoms with Gasteiger partial charge in [-0.15, -0.1) is 0 Å². The molecule has 0 saturated heterocycles. The fourth-order valence-corrected chi connectivity index (χ4v) is 2.53. The molecule has 0 fully saturated rings. The normalized spacial score (nSPS) is 16.0. The minimum absolute atomic E-state index is 0.0113. The molecule has 4 nitrogen and oxygen atoms in total. The van der Waals surface area contributed by atoms with Gasteiger partial charge in [0.15, 0.2) is 5.78 Å². The summed E-state index contributed by atoms with van der Waals surface area (Å²) in [6.45, 7) is 0.373. The summed E-state index contributed by atoms with van der Waals surface area (Å²) in [5.41, 5.74) is 1.50. The third-order valence-electron chi connectivity index (χ3n) is 3.65. The molecule has 1 aliphatic rings. The van der Waals surface area contributed by atoms with Crippen LogP contribution in [-0.4, -0.2) is 26.6 Å². The largest absolute Gasteiger partial charge is 0.497 e. The lowest BCUT2D eigenvalue weighted by Gasteiger charge is -2.11. The third-order valence-corrected chi connectivity index (χ3v) is 3.65. The number of benzene rings is 2. The van der Waals surface area contributed by atoms with Gasteiger partial charge in [0, 0.05) is 17.2 Å². The second kappa shape index (κ2) is 5.48. The number of carbonyl (C=O) groups excluding carboxylic acids is 1. The Kier molecular flexibility index (Phi) is 3.52. The number of carbonyl (C=O) groups is 1. The Morgan fingerprint density at radius 3 is 2.43 bits per heavy atom. The van der Waals surface area contributed by atoms with E-state index in [-0.39, 0.29) is 11.7 Å². The fraction of sp³-hybridized carbons (Fsp3) is 0.235. The molecule has 21 heavy (non-hydrogen) atoms. The summed E-state index contributed by atoms with van der Waals surface area (Å²) >= 11 is 0. The molecule has 0 radical (unpaired) electrons. The summed E-state index contributed by atoms with van der Waals surface area (Å²) < 4.78 is 16.0. The van der Waals surface area contributed by atoms with E-state index in [0.29, 0.717) is 23.7 Å². The van der Waals surface area contributed by atoms with Gasteiger partial charge in [-0.1, -0.05) is 18.2 Å². The van der Waals surface area contributed by atoms with Crippen molar-refractivity contribution in [1.82, 2.24) is 0 Å². The zero-order valence-corrected chi connectivity index (χ0v) is 12.0.